The van der Waals surface area contributed by atoms with Crippen molar-refractivity contribution >= 4 is 17.7 Å². The SMILES string of the molecule is C=C1C(=O)O[C@@H]2C[C@@H](C)[C@@H]3[C@@H](O)CC(=O)[C@@]3(C)[C@@H](OC(=O)/C(C)=C\C)[C@H]12. The zero-order valence-corrected chi connectivity index (χ0v) is 15.7. The number of carbonyl (C=O) groups is 3. The number of hydrogen-bond acceptors (Lipinski definition) is 6. The second-order valence-corrected chi connectivity index (χ2v) is 8.01. The van der Waals surface area contributed by atoms with Gasteiger partial charge in [0.25, 0.3) is 0 Å². The Morgan fingerprint density at radius 3 is 2.69 bits per heavy atom. The molecule has 1 heterocycles. The molecule has 7 atom stereocenters. The van der Waals surface area contributed by atoms with Crippen LogP contribution >= 0.6 is 0 Å². The van der Waals surface area contributed by atoms with Crippen LogP contribution in [0.1, 0.15) is 40.5 Å². The molecule has 1 saturated heterocycles. The van der Waals surface area contributed by atoms with Crippen LogP contribution in [0, 0.1) is 23.2 Å². The number of hydrogen-bond donors (Lipinski definition) is 1. The summed E-state index contributed by atoms with van der Waals surface area (Å²) in [7, 11) is 0. The number of carbonyl (C=O) groups excluding carboxylic acids is 3. The summed E-state index contributed by atoms with van der Waals surface area (Å²) >= 11 is 0. The summed E-state index contributed by atoms with van der Waals surface area (Å²) in [5, 5.41) is 10.5. The topological polar surface area (TPSA) is 89.9 Å². The van der Waals surface area contributed by atoms with E-state index in [1.165, 1.54) is 0 Å². The smallest absolute Gasteiger partial charge is 0.334 e. The maximum absolute atomic E-state index is 12.9. The van der Waals surface area contributed by atoms with E-state index < -0.39 is 41.6 Å². The van der Waals surface area contributed by atoms with Crippen molar-refractivity contribution in [2.45, 2.75) is 58.8 Å². The van der Waals surface area contributed by atoms with Crippen molar-refractivity contribution in [2.75, 3.05) is 0 Å². The van der Waals surface area contributed by atoms with Gasteiger partial charge in [0.2, 0.25) is 0 Å². The van der Waals surface area contributed by atoms with Gasteiger partial charge in [0.15, 0.2) is 0 Å². The molecule has 6 nitrogen and oxygen atoms in total. The van der Waals surface area contributed by atoms with E-state index in [9.17, 15) is 19.5 Å². The lowest BCUT2D eigenvalue weighted by Gasteiger charge is -2.40. The monoisotopic (exact) mass is 362 g/mol. The lowest BCUT2D eigenvalue weighted by Crippen LogP contribution is -2.50. The Hall–Kier alpha value is -1.95. The van der Waals surface area contributed by atoms with Gasteiger partial charge in [-0.25, -0.2) is 9.59 Å². The van der Waals surface area contributed by atoms with Crippen molar-refractivity contribution in [3.05, 3.63) is 23.8 Å². The molecule has 0 aromatic carbocycles. The highest BCUT2D eigenvalue weighted by Gasteiger charge is 2.65. The fourth-order valence-electron chi connectivity index (χ4n) is 5.07. The van der Waals surface area contributed by atoms with Crippen molar-refractivity contribution in [1.29, 1.82) is 0 Å². The Morgan fingerprint density at radius 2 is 2.08 bits per heavy atom. The summed E-state index contributed by atoms with van der Waals surface area (Å²) in [5.41, 5.74) is -0.436. The fourth-order valence-corrected chi connectivity index (χ4v) is 5.07. The number of allylic oxidation sites excluding steroid dienone is 1. The Bertz CT molecular complexity index is 707. The highest BCUT2D eigenvalue weighted by atomic mass is 16.6. The van der Waals surface area contributed by atoms with Gasteiger partial charge in [-0.15, -0.1) is 0 Å². The molecule has 1 N–H and O–H groups in total. The van der Waals surface area contributed by atoms with Gasteiger partial charge in [-0.1, -0.05) is 19.6 Å². The number of ether oxygens (including phenoxy) is 2. The fraction of sp³-hybridized carbons (Fsp3) is 0.650. The number of esters is 2. The van der Waals surface area contributed by atoms with Gasteiger partial charge in [-0.2, -0.15) is 0 Å². The van der Waals surface area contributed by atoms with Crippen LogP contribution in [0.25, 0.3) is 0 Å². The van der Waals surface area contributed by atoms with Crippen molar-refractivity contribution < 1.29 is 29.0 Å². The van der Waals surface area contributed by atoms with E-state index in [4.69, 9.17) is 9.47 Å². The first kappa shape index (κ1) is 18.8. The highest BCUT2D eigenvalue weighted by Crippen LogP contribution is 2.56. The summed E-state index contributed by atoms with van der Waals surface area (Å²) in [4.78, 5) is 37.6. The predicted molar refractivity (Wildman–Crippen MR) is 92.8 cm³/mol. The van der Waals surface area contributed by atoms with Crippen molar-refractivity contribution in [3.63, 3.8) is 0 Å². The third-order valence-corrected chi connectivity index (χ3v) is 6.55. The maximum atomic E-state index is 12.9. The lowest BCUT2D eigenvalue weighted by atomic mass is 9.67. The summed E-state index contributed by atoms with van der Waals surface area (Å²) in [6, 6.07) is 0. The number of aliphatic hydroxyl groups is 1. The molecule has 26 heavy (non-hydrogen) atoms. The van der Waals surface area contributed by atoms with Crippen LogP contribution in [0.15, 0.2) is 23.8 Å². The molecule has 3 aliphatic rings. The highest BCUT2D eigenvalue weighted by molar-refractivity contribution is 5.94. The van der Waals surface area contributed by atoms with Gasteiger partial charge >= 0.3 is 11.9 Å². The Balaban J connectivity index is 2.12. The van der Waals surface area contributed by atoms with Gasteiger partial charge in [0, 0.05) is 23.5 Å². The molecular weight excluding hydrogens is 336 g/mol. The molecule has 0 radical (unpaired) electrons. The number of rotatable bonds is 2. The van der Waals surface area contributed by atoms with E-state index in [1.54, 1.807) is 26.8 Å². The molecular formula is C20H26O6. The van der Waals surface area contributed by atoms with Crippen LogP contribution in [0.4, 0.5) is 0 Å². The molecule has 3 rings (SSSR count). The van der Waals surface area contributed by atoms with E-state index in [2.05, 4.69) is 6.58 Å². The predicted octanol–water partition coefficient (Wildman–Crippen LogP) is 1.96. The van der Waals surface area contributed by atoms with Gasteiger partial charge in [-0.3, -0.25) is 4.79 Å². The summed E-state index contributed by atoms with van der Waals surface area (Å²) in [6.45, 7) is 10.9. The van der Waals surface area contributed by atoms with Crippen LogP contribution in [0.5, 0.6) is 0 Å². The molecule has 0 aromatic heterocycles. The molecule has 0 bridgehead atoms. The molecule has 3 fully saturated rings. The van der Waals surface area contributed by atoms with E-state index in [0.717, 1.165) is 0 Å². The molecule has 0 unspecified atom stereocenters. The molecule has 2 aliphatic carbocycles. The molecule has 142 valence electrons. The van der Waals surface area contributed by atoms with Gasteiger partial charge in [0.1, 0.15) is 18.0 Å². The summed E-state index contributed by atoms with van der Waals surface area (Å²) in [6.07, 6.45) is -0.0358. The summed E-state index contributed by atoms with van der Waals surface area (Å²) in [5.74, 6) is -2.21. The zero-order valence-electron chi connectivity index (χ0n) is 15.7. The zero-order chi connectivity index (χ0) is 19.4. The normalized spacial score (nSPS) is 42.8. The molecule has 0 aromatic rings. The second kappa shape index (κ2) is 6.34. The minimum atomic E-state index is -1.08. The second-order valence-electron chi connectivity index (χ2n) is 8.01. The first-order valence-electron chi connectivity index (χ1n) is 9.07. The minimum absolute atomic E-state index is 0.0286. The maximum Gasteiger partial charge on any atom is 0.334 e. The van der Waals surface area contributed by atoms with Gasteiger partial charge in [0.05, 0.1) is 17.4 Å². The molecule has 0 spiro atoms. The van der Waals surface area contributed by atoms with E-state index in [-0.39, 0.29) is 29.6 Å². The van der Waals surface area contributed by atoms with Crippen molar-refractivity contribution in [3.8, 4) is 0 Å². The van der Waals surface area contributed by atoms with Gasteiger partial charge < -0.3 is 14.6 Å². The molecule has 1 aliphatic heterocycles. The first-order valence-corrected chi connectivity index (χ1v) is 9.07. The number of Topliss-reactive ketones (excluding diaryl/α,β-unsaturated/α-hetero) is 1. The Labute approximate surface area is 153 Å². The van der Waals surface area contributed by atoms with Crippen LogP contribution in [-0.4, -0.2) is 41.1 Å². The van der Waals surface area contributed by atoms with Crippen LogP contribution < -0.4 is 0 Å². The quantitative estimate of drug-likeness (QED) is 0.597. The standard InChI is InChI=1S/C20H26O6/c1-6-9(2)18(23)26-17-15-11(4)19(24)25-13(15)7-10(3)16-12(21)8-14(22)20(16,17)5/h6,10,12-13,15-17,21H,4,7-8H2,1-3,5H3/b9-6-/t10-,12+,13-,15-,16-,17+,20-/m1/s1. The molecule has 0 amide bonds. The Kier molecular flexibility index (Phi) is 4.59. The lowest BCUT2D eigenvalue weighted by molar-refractivity contribution is -0.162. The van der Waals surface area contributed by atoms with E-state index >= 15 is 0 Å². The minimum Gasteiger partial charge on any atom is -0.458 e. The third-order valence-electron chi connectivity index (χ3n) is 6.55. The van der Waals surface area contributed by atoms with Crippen LogP contribution in [-0.2, 0) is 23.9 Å². The van der Waals surface area contributed by atoms with E-state index in [1.807, 2.05) is 6.92 Å². The van der Waals surface area contributed by atoms with Crippen molar-refractivity contribution in [1.82, 2.24) is 0 Å². The third kappa shape index (κ3) is 2.54. The van der Waals surface area contributed by atoms with Gasteiger partial charge in [-0.05, 0) is 33.1 Å². The van der Waals surface area contributed by atoms with E-state index in [0.29, 0.717) is 12.0 Å². The number of ketones is 1. The van der Waals surface area contributed by atoms with Crippen LogP contribution in [0.3, 0.4) is 0 Å². The Morgan fingerprint density at radius 1 is 1.42 bits per heavy atom. The number of aliphatic hydroxyl groups excluding tert-OH is 1. The molecule has 6 heteroatoms. The molecule has 2 saturated carbocycles. The average molecular weight is 362 g/mol. The largest absolute Gasteiger partial charge is 0.458 e. The number of fused-ring (bicyclic) bond motifs is 2. The summed E-state index contributed by atoms with van der Waals surface area (Å²) < 4.78 is 11.3. The van der Waals surface area contributed by atoms with Crippen LogP contribution in [0.2, 0.25) is 0 Å². The van der Waals surface area contributed by atoms with Crippen molar-refractivity contribution in [2.24, 2.45) is 23.2 Å². The average Bonchev–Trinajstić information content (AvgIpc) is 2.94. The first-order chi connectivity index (χ1) is 12.1.